The summed E-state index contributed by atoms with van der Waals surface area (Å²) in [4.78, 5) is 0. The van der Waals surface area contributed by atoms with Gasteiger partial charge in [0.15, 0.2) is 0 Å². The Bertz CT molecular complexity index is 27.3. The van der Waals surface area contributed by atoms with E-state index >= 15 is 0 Å². The predicted octanol–water partition coefficient (Wildman–Crippen LogP) is 4.62. The Balaban J connectivity index is -0.0000000886. The second-order valence-electron chi connectivity index (χ2n) is 1.78. The molecule has 0 rings (SSSR count). The quantitative estimate of drug-likeness (QED) is 0.482. The standard InChI is InChI=1S/2C4H9.2ClH.Ti/c2*1-3-4-2;;;/h2*1,3-4H2,2H3;2*1H;/q2*-1;;;+2/p-2. The third kappa shape index (κ3) is 89.9. The molecule has 0 aliphatic heterocycles. The normalized spacial score (nSPS) is 6.73. The minimum atomic E-state index is -0.556. The van der Waals surface area contributed by atoms with Crippen LogP contribution in [0.25, 0.3) is 0 Å². The number of hydrogen-bond acceptors (Lipinski definition) is 0. The maximum absolute atomic E-state index is 4.89. The van der Waals surface area contributed by atoms with Crippen molar-refractivity contribution < 1.29 is 17.0 Å². The van der Waals surface area contributed by atoms with E-state index in [-0.39, 0.29) is 0 Å². The molecule has 0 atom stereocenters. The first kappa shape index (κ1) is 18.2. The van der Waals surface area contributed by atoms with Crippen molar-refractivity contribution in [2.24, 2.45) is 0 Å². The summed E-state index contributed by atoms with van der Waals surface area (Å²) in [5.74, 6) is 0. The molecule has 0 aromatic heterocycles. The summed E-state index contributed by atoms with van der Waals surface area (Å²) in [5, 5.41) is 0. The molecular formula is C8H18Cl2Ti-2. The second-order valence-corrected chi connectivity index (χ2v) is 4.36. The average molecular weight is 233 g/mol. The Morgan fingerprint density at radius 1 is 1.00 bits per heavy atom. The summed E-state index contributed by atoms with van der Waals surface area (Å²) in [6, 6.07) is 0. The Morgan fingerprint density at radius 2 is 1.09 bits per heavy atom. The van der Waals surface area contributed by atoms with Gasteiger partial charge in [-0.05, 0) is 0 Å². The van der Waals surface area contributed by atoms with E-state index in [1.54, 1.807) is 0 Å². The van der Waals surface area contributed by atoms with E-state index in [2.05, 4.69) is 27.7 Å². The van der Waals surface area contributed by atoms with Gasteiger partial charge in [-0.3, -0.25) is 0 Å². The Hall–Kier alpha value is 1.29. The van der Waals surface area contributed by atoms with Crippen LogP contribution in [0.4, 0.5) is 0 Å². The van der Waals surface area contributed by atoms with Gasteiger partial charge in [0.1, 0.15) is 0 Å². The number of unbranched alkanes of at least 4 members (excludes halogenated alkanes) is 2. The fraction of sp³-hybridized carbons (Fsp3) is 0.750. The molecule has 3 heteroatoms. The van der Waals surface area contributed by atoms with Crippen LogP contribution in [0.15, 0.2) is 0 Å². The molecule has 0 unspecified atom stereocenters. The van der Waals surface area contributed by atoms with E-state index in [1.807, 2.05) is 0 Å². The van der Waals surface area contributed by atoms with Gasteiger partial charge in [0.05, 0.1) is 0 Å². The molecule has 0 N–H and O–H groups in total. The summed E-state index contributed by atoms with van der Waals surface area (Å²) in [7, 11) is 9.78. The van der Waals surface area contributed by atoms with E-state index in [0.29, 0.717) is 0 Å². The van der Waals surface area contributed by atoms with Gasteiger partial charge >= 0.3 is 35.6 Å². The molecule has 0 aliphatic carbocycles. The van der Waals surface area contributed by atoms with E-state index < -0.39 is 17.0 Å². The van der Waals surface area contributed by atoms with Gasteiger partial charge < -0.3 is 13.8 Å². The molecule has 0 saturated heterocycles. The van der Waals surface area contributed by atoms with Gasteiger partial charge in [0, 0.05) is 0 Å². The Kier molecular flexibility index (Phi) is 49.9. The van der Waals surface area contributed by atoms with Crippen LogP contribution in [0.1, 0.15) is 39.5 Å². The third-order valence-electron chi connectivity index (χ3n) is 0.707. The molecule has 0 saturated carbocycles. The fourth-order valence-corrected chi connectivity index (χ4v) is 0. The molecule has 0 aromatic carbocycles. The average Bonchev–Trinajstić information content (AvgIpc) is 2.06. The van der Waals surface area contributed by atoms with Gasteiger partial charge in [0.25, 0.3) is 0 Å². The first-order chi connectivity index (χ1) is 5.24. The van der Waals surface area contributed by atoms with E-state index in [0.717, 1.165) is 12.8 Å². The van der Waals surface area contributed by atoms with Crippen LogP contribution < -0.4 is 0 Å². The Labute approximate surface area is 88.7 Å². The number of hydrogen-bond donors (Lipinski definition) is 0. The molecule has 0 nitrogen and oxygen atoms in total. The summed E-state index contributed by atoms with van der Waals surface area (Å²) in [6.45, 7) is 11.4. The monoisotopic (exact) mass is 232 g/mol. The van der Waals surface area contributed by atoms with Crippen molar-refractivity contribution in [3.8, 4) is 0 Å². The van der Waals surface area contributed by atoms with Gasteiger partial charge in [-0.25, -0.2) is 0 Å². The van der Waals surface area contributed by atoms with Gasteiger partial charge in [0.2, 0.25) is 0 Å². The molecule has 0 aromatic rings. The van der Waals surface area contributed by atoms with Crippen molar-refractivity contribution in [2.75, 3.05) is 0 Å². The van der Waals surface area contributed by atoms with E-state index in [9.17, 15) is 0 Å². The van der Waals surface area contributed by atoms with Crippen LogP contribution in [0.5, 0.6) is 0 Å². The zero-order valence-corrected chi connectivity index (χ0v) is 10.6. The molecule has 0 bridgehead atoms. The van der Waals surface area contributed by atoms with Gasteiger partial charge in [-0.2, -0.15) is 12.8 Å². The third-order valence-corrected chi connectivity index (χ3v) is 0.707. The predicted molar refractivity (Wildman–Crippen MR) is 52.2 cm³/mol. The van der Waals surface area contributed by atoms with Crippen LogP contribution in [-0.4, -0.2) is 0 Å². The zero-order valence-electron chi connectivity index (χ0n) is 7.50. The molecule has 0 amide bonds. The topological polar surface area (TPSA) is 0 Å². The van der Waals surface area contributed by atoms with Crippen LogP contribution in [0, 0.1) is 13.8 Å². The molecule has 0 fully saturated rings. The summed E-state index contributed by atoms with van der Waals surface area (Å²) >= 11 is -0.556. The van der Waals surface area contributed by atoms with Crippen LogP contribution >= 0.6 is 18.6 Å². The molecule has 11 heavy (non-hydrogen) atoms. The van der Waals surface area contributed by atoms with Crippen molar-refractivity contribution in [3.63, 3.8) is 0 Å². The minimum absolute atomic E-state index is 0.556. The van der Waals surface area contributed by atoms with Crippen molar-refractivity contribution in [1.82, 2.24) is 0 Å². The van der Waals surface area contributed by atoms with E-state index in [1.165, 1.54) is 12.8 Å². The van der Waals surface area contributed by atoms with Crippen molar-refractivity contribution >= 4 is 18.6 Å². The molecule has 70 valence electrons. The van der Waals surface area contributed by atoms with Crippen molar-refractivity contribution in [3.05, 3.63) is 13.8 Å². The number of rotatable bonds is 2. The molecular weight excluding hydrogens is 215 g/mol. The summed E-state index contributed by atoms with van der Waals surface area (Å²) in [5.41, 5.74) is 0. The van der Waals surface area contributed by atoms with Crippen molar-refractivity contribution in [1.29, 1.82) is 0 Å². The second kappa shape index (κ2) is 30.2. The zero-order chi connectivity index (χ0) is 9.54. The molecule has 0 aliphatic rings. The van der Waals surface area contributed by atoms with Gasteiger partial charge in [-0.15, -0.1) is 0 Å². The molecule has 0 heterocycles. The fourth-order valence-electron chi connectivity index (χ4n) is 0. The van der Waals surface area contributed by atoms with Crippen LogP contribution in [0.3, 0.4) is 0 Å². The Morgan fingerprint density at radius 3 is 1.09 bits per heavy atom. The SMILES string of the molecule is [CH2-]CCC.[CH2-]CCC.[Cl][Ti][Cl]. The summed E-state index contributed by atoms with van der Waals surface area (Å²) in [6.07, 6.45) is 4.56. The van der Waals surface area contributed by atoms with Crippen LogP contribution in [-0.2, 0) is 17.0 Å². The van der Waals surface area contributed by atoms with Crippen LogP contribution in [0.2, 0.25) is 0 Å². The first-order valence-corrected chi connectivity index (χ1v) is 8.09. The van der Waals surface area contributed by atoms with E-state index in [4.69, 9.17) is 18.6 Å². The molecule has 0 spiro atoms. The summed E-state index contributed by atoms with van der Waals surface area (Å²) < 4.78 is 0. The van der Waals surface area contributed by atoms with Gasteiger partial charge in [-0.1, -0.05) is 26.7 Å². The maximum atomic E-state index is 4.89. The molecule has 0 radical (unpaired) electrons. The first-order valence-electron chi connectivity index (χ1n) is 3.79. The van der Waals surface area contributed by atoms with Crippen molar-refractivity contribution in [2.45, 2.75) is 39.5 Å². The number of halogens is 2.